The van der Waals surface area contributed by atoms with Crippen LogP contribution >= 0.6 is 0 Å². The fourth-order valence-electron chi connectivity index (χ4n) is 2.60. The van der Waals surface area contributed by atoms with Crippen molar-refractivity contribution < 1.29 is 4.74 Å². The first-order valence-electron chi connectivity index (χ1n) is 8.19. The summed E-state index contributed by atoms with van der Waals surface area (Å²) in [6.07, 6.45) is 3.26. The van der Waals surface area contributed by atoms with Crippen LogP contribution in [0.5, 0.6) is 5.75 Å². The lowest BCUT2D eigenvalue weighted by atomic mass is 10.1. The molecule has 0 fully saturated rings. The number of aromatic nitrogens is 2. The fourth-order valence-corrected chi connectivity index (χ4v) is 2.60. The second-order valence-corrected chi connectivity index (χ2v) is 5.82. The number of ether oxygens (including phenoxy) is 1. The Hall–Kier alpha value is -3.08. The molecule has 0 amide bonds. The molecule has 2 aromatic carbocycles. The van der Waals surface area contributed by atoms with E-state index in [0.29, 0.717) is 18.8 Å². The van der Waals surface area contributed by atoms with Crippen LogP contribution in [-0.2, 0) is 6.54 Å². The molecule has 0 aliphatic carbocycles. The van der Waals surface area contributed by atoms with E-state index >= 15 is 0 Å². The number of benzene rings is 2. The number of aryl methyl sites for hydroxylation is 1. The third-order valence-electron chi connectivity index (χ3n) is 3.96. The van der Waals surface area contributed by atoms with Gasteiger partial charge in [-0.25, -0.2) is 0 Å². The number of hydrogen-bond acceptors (Lipinski definition) is 3. The van der Waals surface area contributed by atoms with Crippen molar-refractivity contribution >= 4 is 0 Å². The van der Waals surface area contributed by atoms with Crippen LogP contribution < -0.4 is 15.9 Å². The normalized spacial score (nSPS) is 10.6. The molecule has 3 rings (SSSR count). The molecule has 0 radical (unpaired) electrons. The lowest BCUT2D eigenvalue weighted by molar-refractivity contribution is 0.340. The van der Waals surface area contributed by atoms with Crippen molar-refractivity contribution in [2.45, 2.75) is 20.4 Å². The summed E-state index contributed by atoms with van der Waals surface area (Å²) in [4.78, 5) is 24.9. The van der Waals surface area contributed by atoms with Crippen LogP contribution in [0.4, 0.5) is 0 Å². The molecule has 25 heavy (non-hydrogen) atoms. The third kappa shape index (κ3) is 3.71. The summed E-state index contributed by atoms with van der Waals surface area (Å²) in [5.74, 6) is 0.729. The maximum Gasteiger partial charge on any atom is 0.320 e. The number of nitrogens with zero attached hydrogens (tertiary/aromatic N) is 2. The lowest BCUT2D eigenvalue weighted by Crippen LogP contribution is -2.40. The van der Waals surface area contributed by atoms with E-state index in [-0.39, 0.29) is 0 Å². The van der Waals surface area contributed by atoms with E-state index < -0.39 is 11.1 Å². The topological polar surface area (TPSA) is 53.2 Å². The predicted octanol–water partition coefficient (Wildman–Crippen LogP) is 2.75. The van der Waals surface area contributed by atoms with Crippen LogP contribution in [-0.4, -0.2) is 15.7 Å². The van der Waals surface area contributed by atoms with Gasteiger partial charge in [-0.05, 0) is 43.7 Å². The largest absolute Gasteiger partial charge is 0.494 e. The second kappa shape index (κ2) is 7.21. The molecule has 0 unspecified atom stereocenters. The molecule has 0 aliphatic rings. The van der Waals surface area contributed by atoms with E-state index in [0.717, 1.165) is 16.9 Å². The van der Waals surface area contributed by atoms with Gasteiger partial charge in [-0.15, -0.1) is 0 Å². The Labute approximate surface area is 145 Å². The summed E-state index contributed by atoms with van der Waals surface area (Å²) >= 11 is 0. The maximum absolute atomic E-state index is 12.4. The first-order chi connectivity index (χ1) is 12.1. The van der Waals surface area contributed by atoms with Crippen LogP contribution in [0.15, 0.2) is 70.5 Å². The average molecular weight is 336 g/mol. The third-order valence-corrected chi connectivity index (χ3v) is 3.96. The molecule has 3 aromatic rings. The fraction of sp³-hybridized carbons (Fsp3) is 0.200. The number of rotatable bonds is 5. The van der Waals surface area contributed by atoms with Crippen molar-refractivity contribution in [3.8, 4) is 11.4 Å². The second-order valence-electron chi connectivity index (χ2n) is 5.82. The number of hydrogen-bond donors (Lipinski definition) is 0. The van der Waals surface area contributed by atoms with E-state index in [2.05, 4.69) is 0 Å². The first kappa shape index (κ1) is 16.8. The van der Waals surface area contributed by atoms with Gasteiger partial charge >= 0.3 is 11.1 Å². The Morgan fingerprint density at radius 2 is 1.56 bits per heavy atom. The molecular weight excluding hydrogens is 316 g/mol. The molecule has 1 heterocycles. The summed E-state index contributed by atoms with van der Waals surface area (Å²) in [6, 6.07) is 15.0. The van der Waals surface area contributed by atoms with Gasteiger partial charge in [-0.2, -0.15) is 0 Å². The van der Waals surface area contributed by atoms with Crippen LogP contribution in [0.3, 0.4) is 0 Å². The molecule has 0 saturated carbocycles. The van der Waals surface area contributed by atoms with E-state index in [1.807, 2.05) is 38.1 Å². The molecule has 0 N–H and O–H groups in total. The van der Waals surface area contributed by atoms with Crippen molar-refractivity contribution in [1.82, 2.24) is 9.13 Å². The van der Waals surface area contributed by atoms with Gasteiger partial charge < -0.3 is 9.30 Å². The van der Waals surface area contributed by atoms with E-state index in [1.165, 1.54) is 9.13 Å². The maximum atomic E-state index is 12.4. The molecule has 128 valence electrons. The Bertz CT molecular complexity index is 968. The van der Waals surface area contributed by atoms with Crippen LogP contribution in [0.2, 0.25) is 0 Å². The highest BCUT2D eigenvalue weighted by molar-refractivity contribution is 5.37. The molecular formula is C20H20N2O3. The summed E-state index contributed by atoms with van der Waals surface area (Å²) in [6.45, 7) is 4.87. The minimum Gasteiger partial charge on any atom is -0.494 e. The van der Waals surface area contributed by atoms with Gasteiger partial charge in [0.1, 0.15) is 5.75 Å². The summed E-state index contributed by atoms with van der Waals surface area (Å²) in [5.41, 5.74) is 1.65. The van der Waals surface area contributed by atoms with Gasteiger partial charge in [-0.1, -0.05) is 29.8 Å². The summed E-state index contributed by atoms with van der Waals surface area (Å²) in [7, 11) is 0. The van der Waals surface area contributed by atoms with Crippen LogP contribution in [0.1, 0.15) is 18.1 Å². The summed E-state index contributed by atoms with van der Waals surface area (Å²) < 4.78 is 8.17. The standard InChI is InChI=1S/C20H20N2O3/c1-3-25-18-10-8-17(9-11-18)22-13-12-21(19(23)20(22)24)14-16-6-4-15(2)5-7-16/h4-13H,3,14H2,1-2H3. The van der Waals surface area contributed by atoms with Gasteiger partial charge in [0.25, 0.3) is 0 Å². The van der Waals surface area contributed by atoms with Crippen molar-refractivity contribution in [1.29, 1.82) is 0 Å². The molecule has 0 bridgehead atoms. The van der Waals surface area contributed by atoms with Crippen molar-refractivity contribution in [2.75, 3.05) is 6.61 Å². The minimum atomic E-state index is -0.571. The molecule has 1 aromatic heterocycles. The first-order valence-corrected chi connectivity index (χ1v) is 8.19. The van der Waals surface area contributed by atoms with Crippen molar-refractivity contribution in [3.63, 3.8) is 0 Å². The van der Waals surface area contributed by atoms with Gasteiger partial charge in [0, 0.05) is 18.1 Å². The predicted molar refractivity (Wildman–Crippen MR) is 97.7 cm³/mol. The van der Waals surface area contributed by atoms with E-state index in [1.54, 1.807) is 36.7 Å². The average Bonchev–Trinajstić information content (AvgIpc) is 2.62. The molecule has 0 saturated heterocycles. The molecule has 5 heteroatoms. The quantitative estimate of drug-likeness (QED) is 0.673. The SMILES string of the molecule is CCOc1ccc(-n2ccn(Cc3ccc(C)cc3)c(=O)c2=O)cc1. The Morgan fingerprint density at radius 3 is 2.20 bits per heavy atom. The zero-order chi connectivity index (χ0) is 17.8. The van der Waals surface area contributed by atoms with Gasteiger partial charge in [-0.3, -0.25) is 14.2 Å². The molecule has 0 atom stereocenters. The molecule has 5 nitrogen and oxygen atoms in total. The zero-order valence-corrected chi connectivity index (χ0v) is 14.3. The Balaban J connectivity index is 1.91. The highest BCUT2D eigenvalue weighted by atomic mass is 16.5. The van der Waals surface area contributed by atoms with E-state index in [9.17, 15) is 9.59 Å². The van der Waals surface area contributed by atoms with Crippen molar-refractivity contribution in [2.24, 2.45) is 0 Å². The van der Waals surface area contributed by atoms with E-state index in [4.69, 9.17) is 4.74 Å². The Morgan fingerprint density at radius 1 is 0.880 bits per heavy atom. The van der Waals surface area contributed by atoms with Gasteiger partial charge in [0.15, 0.2) is 0 Å². The highest BCUT2D eigenvalue weighted by Gasteiger charge is 2.07. The Kier molecular flexibility index (Phi) is 4.84. The molecule has 0 aliphatic heterocycles. The van der Waals surface area contributed by atoms with Crippen molar-refractivity contribution in [3.05, 3.63) is 92.8 Å². The highest BCUT2D eigenvalue weighted by Crippen LogP contribution is 2.14. The summed E-state index contributed by atoms with van der Waals surface area (Å²) in [5, 5.41) is 0. The monoisotopic (exact) mass is 336 g/mol. The lowest BCUT2D eigenvalue weighted by Gasteiger charge is -2.10. The smallest absolute Gasteiger partial charge is 0.320 e. The zero-order valence-electron chi connectivity index (χ0n) is 14.3. The molecule has 0 spiro atoms. The minimum absolute atomic E-state index is 0.373. The van der Waals surface area contributed by atoms with Gasteiger partial charge in [0.2, 0.25) is 0 Å². The van der Waals surface area contributed by atoms with Crippen LogP contribution in [0.25, 0.3) is 5.69 Å². The van der Waals surface area contributed by atoms with Gasteiger partial charge in [0.05, 0.1) is 13.2 Å². The van der Waals surface area contributed by atoms with Crippen LogP contribution in [0, 0.1) is 6.92 Å².